The monoisotopic (exact) mass is 299 g/mol. The van der Waals surface area contributed by atoms with Crippen molar-refractivity contribution in [1.29, 1.82) is 0 Å². The van der Waals surface area contributed by atoms with Gasteiger partial charge in [-0.05, 0) is 30.5 Å². The van der Waals surface area contributed by atoms with Crippen molar-refractivity contribution in [2.75, 3.05) is 6.54 Å². The third-order valence-electron chi connectivity index (χ3n) is 3.36. The molecule has 0 saturated carbocycles. The first-order chi connectivity index (χ1) is 9.97. The SMILES string of the molecule is O=C(O)[C@H]1CCCN1C(=O)Cc1ccc(OC(F)F)cc1. The molecule has 1 aromatic carbocycles. The zero-order valence-corrected chi connectivity index (χ0v) is 11.2. The molecule has 1 aliphatic heterocycles. The number of likely N-dealkylation sites (tertiary alicyclic amines) is 1. The number of hydrogen-bond donors (Lipinski definition) is 1. The van der Waals surface area contributed by atoms with E-state index in [0.29, 0.717) is 24.9 Å². The summed E-state index contributed by atoms with van der Waals surface area (Å²) in [6, 6.07) is 4.97. The van der Waals surface area contributed by atoms with Crippen LogP contribution in [0.2, 0.25) is 0 Å². The standard InChI is InChI=1S/C14H15F2NO4/c15-14(16)21-10-5-3-9(4-6-10)8-12(18)17-7-1-2-11(17)13(19)20/h3-6,11,14H,1-2,7-8H2,(H,19,20)/t11-/m1/s1. The lowest BCUT2D eigenvalue weighted by atomic mass is 10.1. The van der Waals surface area contributed by atoms with Gasteiger partial charge in [-0.2, -0.15) is 8.78 Å². The number of ether oxygens (including phenoxy) is 1. The van der Waals surface area contributed by atoms with Crippen molar-refractivity contribution in [3.8, 4) is 5.75 Å². The van der Waals surface area contributed by atoms with Gasteiger partial charge in [-0.15, -0.1) is 0 Å². The zero-order valence-electron chi connectivity index (χ0n) is 11.2. The highest BCUT2D eigenvalue weighted by atomic mass is 19.3. The van der Waals surface area contributed by atoms with Crippen LogP contribution in [0.1, 0.15) is 18.4 Å². The molecule has 1 aliphatic rings. The minimum absolute atomic E-state index is 0.0192. The number of aliphatic carboxylic acids is 1. The molecule has 0 radical (unpaired) electrons. The van der Waals surface area contributed by atoms with Crippen LogP contribution < -0.4 is 4.74 Å². The van der Waals surface area contributed by atoms with E-state index in [4.69, 9.17) is 5.11 Å². The molecule has 1 N–H and O–H groups in total. The first kappa shape index (κ1) is 15.2. The van der Waals surface area contributed by atoms with E-state index < -0.39 is 18.6 Å². The van der Waals surface area contributed by atoms with Gasteiger partial charge in [0.25, 0.3) is 0 Å². The molecule has 0 aliphatic carbocycles. The maximum Gasteiger partial charge on any atom is 0.387 e. The molecule has 0 unspecified atom stereocenters. The topological polar surface area (TPSA) is 66.8 Å². The third-order valence-corrected chi connectivity index (χ3v) is 3.36. The number of carboxylic acids is 1. The normalized spacial score (nSPS) is 18.0. The van der Waals surface area contributed by atoms with E-state index >= 15 is 0 Å². The summed E-state index contributed by atoms with van der Waals surface area (Å²) in [4.78, 5) is 24.5. The zero-order chi connectivity index (χ0) is 15.4. The number of carboxylic acid groups (broad SMARTS) is 1. The van der Waals surface area contributed by atoms with E-state index in [9.17, 15) is 18.4 Å². The Hall–Kier alpha value is -2.18. The average molecular weight is 299 g/mol. The second-order valence-corrected chi connectivity index (χ2v) is 4.78. The predicted octanol–water partition coefficient (Wildman–Crippen LogP) is 1.91. The Morgan fingerprint density at radius 2 is 2.00 bits per heavy atom. The Bertz CT molecular complexity index is 518. The number of rotatable bonds is 5. The van der Waals surface area contributed by atoms with Crippen LogP contribution in [-0.2, 0) is 16.0 Å². The van der Waals surface area contributed by atoms with Crippen molar-refractivity contribution in [3.05, 3.63) is 29.8 Å². The molecule has 114 valence electrons. The Morgan fingerprint density at radius 3 is 2.57 bits per heavy atom. The highest BCUT2D eigenvalue weighted by Gasteiger charge is 2.33. The Kier molecular flexibility index (Phi) is 4.72. The smallest absolute Gasteiger partial charge is 0.387 e. The molecule has 1 saturated heterocycles. The number of nitrogens with zero attached hydrogens (tertiary/aromatic N) is 1. The van der Waals surface area contributed by atoms with Crippen LogP contribution in [0.25, 0.3) is 0 Å². The second-order valence-electron chi connectivity index (χ2n) is 4.78. The molecule has 1 fully saturated rings. The minimum atomic E-state index is -2.89. The van der Waals surface area contributed by atoms with Gasteiger partial charge in [0, 0.05) is 6.54 Å². The van der Waals surface area contributed by atoms with Gasteiger partial charge in [0.15, 0.2) is 0 Å². The number of benzene rings is 1. The lowest BCUT2D eigenvalue weighted by Gasteiger charge is -2.21. The van der Waals surface area contributed by atoms with E-state index in [1.807, 2.05) is 0 Å². The van der Waals surface area contributed by atoms with Gasteiger partial charge in [0.1, 0.15) is 11.8 Å². The molecule has 21 heavy (non-hydrogen) atoms. The molecule has 1 atom stereocenters. The van der Waals surface area contributed by atoms with Gasteiger partial charge in [-0.3, -0.25) is 4.79 Å². The van der Waals surface area contributed by atoms with Gasteiger partial charge < -0.3 is 14.7 Å². The van der Waals surface area contributed by atoms with Gasteiger partial charge in [-0.1, -0.05) is 12.1 Å². The maximum absolute atomic E-state index is 12.1. The van der Waals surface area contributed by atoms with Crippen LogP contribution >= 0.6 is 0 Å². The summed E-state index contributed by atoms with van der Waals surface area (Å²) in [6.45, 7) is -2.46. The average Bonchev–Trinajstić information content (AvgIpc) is 2.90. The fraction of sp³-hybridized carbons (Fsp3) is 0.429. The van der Waals surface area contributed by atoms with Crippen molar-refractivity contribution in [3.63, 3.8) is 0 Å². The molecular weight excluding hydrogens is 284 g/mol. The lowest BCUT2D eigenvalue weighted by Crippen LogP contribution is -2.41. The van der Waals surface area contributed by atoms with Crippen LogP contribution in [0.15, 0.2) is 24.3 Å². The molecular formula is C14H15F2NO4. The van der Waals surface area contributed by atoms with Crippen LogP contribution in [0.3, 0.4) is 0 Å². The molecule has 5 nitrogen and oxygen atoms in total. The summed E-state index contributed by atoms with van der Waals surface area (Å²) in [7, 11) is 0. The van der Waals surface area contributed by atoms with E-state index in [1.54, 1.807) is 0 Å². The fourth-order valence-electron chi connectivity index (χ4n) is 2.39. The largest absolute Gasteiger partial charge is 0.480 e. The van der Waals surface area contributed by atoms with Crippen LogP contribution in [0.5, 0.6) is 5.75 Å². The number of hydrogen-bond acceptors (Lipinski definition) is 3. The van der Waals surface area contributed by atoms with Crippen molar-refractivity contribution in [1.82, 2.24) is 4.90 Å². The number of alkyl halides is 2. The summed E-state index contributed by atoms with van der Waals surface area (Å²) >= 11 is 0. The third kappa shape index (κ3) is 3.90. The van der Waals surface area contributed by atoms with E-state index in [1.165, 1.54) is 29.2 Å². The molecule has 0 aromatic heterocycles. The van der Waals surface area contributed by atoms with Crippen molar-refractivity contribution in [2.24, 2.45) is 0 Å². The van der Waals surface area contributed by atoms with E-state index in [2.05, 4.69) is 4.74 Å². The molecule has 0 bridgehead atoms. The number of carbonyl (C=O) groups is 2. The molecule has 1 amide bonds. The fourth-order valence-corrected chi connectivity index (χ4v) is 2.39. The summed E-state index contributed by atoms with van der Waals surface area (Å²) in [6.07, 6.45) is 1.17. The summed E-state index contributed by atoms with van der Waals surface area (Å²) in [5.41, 5.74) is 0.623. The first-order valence-corrected chi connectivity index (χ1v) is 6.53. The van der Waals surface area contributed by atoms with Gasteiger partial charge in [-0.25, -0.2) is 4.79 Å². The number of amides is 1. The van der Waals surface area contributed by atoms with E-state index in [-0.39, 0.29) is 18.1 Å². The summed E-state index contributed by atoms with van der Waals surface area (Å²) in [5, 5.41) is 9.04. The second kappa shape index (κ2) is 6.51. The number of halogens is 2. The molecule has 1 aromatic rings. The highest BCUT2D eigenvalue weighted by Crippen LogP contribution is 2.20. The Balaban J connectivity index is 1.97. The summed E-state index contributed by atoms with van der Waals surface area (Å²) < 4.78 is 28.2. The molecule has 1 heterocycles. The van der Waals surface area contributed by atoms with Gasteiger partial charge >= 0.3 is 12.6 Å². The van der Waals surface area contributed by atoms with Crippen molar-refractivity contribution < 1.29 is 28.2 Å². The minimum Gasteiger partial charge on any atom is -0.480 e. The van der Waals surface area contributed by atoms with Crippen LogP contribution in [-0.4, -0.2) is 41.1 Å². The predicted molar refractivity (Wildman–Crippen MR) is 69.1 cm³/mol. The van der Waals surface area contributed by atoms with Crippen molar-refractivity contribution >= 4 is 11.9 Å². The quantitative estimate of drug-likeness (QED) is 0.902. The first-order valence-electron chi connectivity index (χ1n) is 6.53. The van der Waals surface area contributed by atoms with E-state index in [0.717, 1.165) is 0 Å². The highest BCUT2D eigenvalue weighted by molar-refractivity contribution is 5.85. The summed E-state index contributed by atoms with van der Waals surface area (Å²) in [5.74, 6) is -1.25. The molecule has 2 rings (SSSR count). The number of carbonyl (C=O) groups excluding carboxylic acids is 1. The van der Waals surface area contributed by atoms with Crippen LogP contribution in [0, 0.1) is 0 Å². The lowest BCUT2D eigenvalue weighted by molar-refractivity contribution is -0.148. The Labute approximate surface area is 120 Å². The molecule has 7 heteroatoms. The maximum atomic E-state index is 12.1. The molecule has 0 spiro atoms. The van der Waals surface area contributed by atoms with Crippen molar-refractivity contribution in [2.45, 2.75) is 31.9 Å². The van der Waals surface area contributed by atoms with Gasteiger partial charge in [0.05, 0.1) is 6.42 Å². The van der Waals surface area contributed by atoms with Crippen LogP contribution in [0.4, 0.5) is 8.78 Å². The van der Waals surface area contributed by atoms with Gasteiger partial charge in [0.2, 0.25) is 5.91 Å². The Morgan fingerprint density at radius 1 is 1.33 bits per heavy atom.